The van der Waals surface area contributed by atoms with Gasteiger partial charge in [-0.15, -0.1) is 11.6 Å². The molecule has 0 spiro atoms. The van der Waals surface area contributed by atoms with E-state index in [0.717, 1.165) is 0 Å². The molecular weight excluding hydrogens is 264 g/mol. The molecule has 0 rings (SSSR count). The third-order valence-electron chi connectivity index (χ3n) is 4.25. The lowest BCUT2D eigenvalue weighted by Gasteiger charge is -2.24. The Morgan fingerprint density at radius 1 is 0.650 bits per heavy atom. The number of alkyl halides is 1. The van der Waals surface area contributed by atoms with Gasteiger partial charge < -0.3 is 0 Å². The zero-order chi connectivity index (χ0) is 15.3. The van der Waals surface area contributed by atoms with Gasteiger partial charge in [-0.3, -0.25) is 0 Å². The Labute approximate surface area is 134 Å². The summed E-state index contributed by atoms with van der Waals surface area (Å²) >= 11 is 6.39. The molecule has 1 unspecified atom stereocenters. The van der Waals surface area contributed by atoms with Crippen LogP contribution in [0.3, 0.4) is 0 Å². The van der Waals surface area contributed by atoms with Gasteiger partial charge in [0.2, 0.25) is 0 Å². The molecule has 0 N–H and O–H groups in total. The molecule has 0 aromatic carbocycles. The van der Waals surface area contributed by atoms with Crippen molar-refractivity contribution in [3.05, 3.63) is 0 Å². The molecule has 0 aliphatic rings. The Hall–Kier alpha value is 0.290. The van der Waals surface area contributed by atoms with E-state index >= 15 is 0 Å². The van der Waals surface area contributed by atoms with Crippen LogP contribution in [0.5, 0.6) is 0 Å². The SMILES string of the molecule is CCCCCCCCCCCCCCC(Cl)C(C)(C)C. The molecule has 0 fully saturated rings. The molecule has 1 heteroatoms. The van der Waals surface area contributed by atoms with E-state index in [4.69, 9.17) is 11.6 Å². The molecule has 0 aliphatic heterocycles. The quantitative estimate of drug-likeness (QED) is 0.241. The van der Waals surface area contributed by atoms with E-state index in [1.807, 2.05) is 0 Å². The zero-order valence-electron chi connectivity index (χ0n) is 14.6. The zero-order valence-corrected chi connectivity index (χ0v) is 15.4. The summed E-state index contributed by atoms with van der Waals surface area (Å²) in [6.45, 7) is 9.01. The Kier molecular flexibility index (Phi) is 13.2. The predicted molar refractivity (Wildman–Crippen MR) is 94.8 cm³/mol. The normalized spacial score (nSPS) is 13.7. The van der Waals surface area contributed by atoms with Gasteiger partial charge in [0, 0.05) is 5.38 Å². The standard InChI is InChI=1S/C19H39Cl/c1-5-6-7-8-9-10-11-12-13-14-15-16-17-18(20)19(2,3)4/h18H,5-17H2,1-4H3. The first-order chi connectivity index (χ1) is 9.48. The van der Waals surface area contributed by atoms with Crippen LogP contribution in [0.2, 0.25) is 0 Å². The van der Waals surface area contributed by atoms with Gasteiger partial charge in [-0.2, -0.15) is 0 Å². The average Bonchev–Trinajstić information content (AvgIpc) is 2.38. The average molecular weight is 303 g/mol. The molecule has 0 bridgehead atoms. The molecule has 0 aromatic rings. The summed E-state index contributed by atoms with van der Waals surface area (Å²) in [5.41, 5.74) is 0.263. The summed E-state index contributed by atoms with van der Waals surface area (Å²) in [6.07, 6.45) is 18.2. The molecule has 0 heterocycles. The number of rotatable bonds is 13. The summed E-state index contributed by atoms with van der Waals surface area (Å²) in [7, 11) is 0. The van der Waals surface area contributed by atoms with Crippen molar-refractivity contribution in [2.75, 3.05) is 0 Å². The maximum absolute atomic E-state index is 6.39. The number of unbranched alkanes of at least 4 members (excludes halogenated alkanes) is 11. The molecule has 0 nitrogen and oxygen atoms in total. The number of hydrogen-bond donors (Lipinski definition) is 0. The van der Waals surface area contributed by atoms with E-state index in [0.29, 0.717) is 5.38 Å². The van der Waals surface area contributed by atoms with Gasteiger partial charge in [-0.05, 0) is 11.8 Å². The van der Waals surface area contributed by atoms with Gasteiger partial charge >= 0.3 is 0 Å². The molecule has 0 aromatic heterocycles. The van der Waals surface area contributed by atoms with Crippen LogP contribution in [0.25, 0.3) is 0 Å². The van der Waals surface area contributed by atoms with Crippen LogP contribution in [0.15, 0.2) is 0 Å². The lowest BCUT2D eigenvalue weighted by Crippen LogP contribution is -2.20. The van der Waals surface area contributed by atoms with Crippen molar-refractivity contribution in [3.63, 3.8) is 0 Å². The first-order valence-corrected chi connectivity index (χ1v) is 9.56. The number of hydrogen-bond acceptors (Lipinski definition) is 0. The van der Waals surface area contributed by atoms with Crippen molar-refractivity contribution in [2.24, 2.45) is 5.41 Å². The van der Waals surface area contributed by atoms with Crippen molar-refractivity contribution in [2.45, 2.75) is 117 Å². The highest BCUT2D eigenvalue weighted by atomic mass is 35.5. The second-order valence-electron chi connectivity index (χ2n) is 7.51. The fraction of sp³-hybridized carbons (Fsp3) is 1.00. The minimum atomic E-state index is 0.263. The van der Waals surface area contributed by atoms with Gasteiger partial charge in [-0.25, -0.2) is 0 Å². The van der Waals surface area contributed by atoms with E-state index < -0.39 is 0 Å². The Balaban J connectivity index is 3.14. The molecular formula is C19H39Cl. The monoisotopic (exact) mass is 302 g/mol. The van der Waals surface area contributed by atoms with Crippen LogP contribution in [0.4, 0.5) is 0 Å². The van der Waals surface area contributed by atoms with Gasteiger partial charge in [0.15, 0.2) is 0 Å². The highest BCUT2D eigenvalue weighted by molar-refractivity contribution is 6.21. The van der Waals surface area contributed by atoms with E-state index in [1.165, 1.54) is 83.5 Å². The van der Waals surface area contributed by atoms with Crippen molar-refractivity contribution >= 4 is 11.6 Å². The molecule has 20 heavy (non-hydrogen) atoms. The van der Waals surface area contributed by atoms with Gasteiger partial charge in [0.1, 0.15) is 0 Å². The summed E-state index contributed by atoms with van der Waals surface area (Å²) in [4.78, 5) is 0. The van der Waals surface area contributed by atoms with Gasteiger partial charge in [0.05, 0.1) is 0 Å². The fourth-order valence-electron chi connectivity index (χ4n) is 2.60. The largest absolute Gasteiger partial charge is 0.122 e. The van der Waals surface area contributed by atoms with Crippen LogP contribution < -0.4 is 0 Å². The van der Waals surface area contributed by atoms with E-state index in [9.17, 15) is 0 Å². The minimum Gasteiger partial charge on any atom is -0.122 e. The third-order valence-corrected chi connectivity index (χ3v) is 5.12. The lowest BCUT2D eigenvalue weighted by atomic mass is 9.88. The third kappa shape index (κ3) is 13.3. The summed E-state index contributed by atoms with van der Waals surface area (Å²) in [5.74, 6) is 0. The van der Waals surface area contributed by atoms with Crippen molar-refractivity contribution in [3.8, 4) is 0 Å². The molecule has 1 atom stereocenters. The molecule has 0 radical (unpaired) electrons. The molecule has 122 valence electrons. The van der Waals surface area contributed by atoms with E-state index in [1.54, 1.807) is 0 Å². The van der Waals surface area contributed by atoms with Crippen LogP contribution >= 0.6 is 11.6 Å². The summed E-state index contributed by atoms with van der Waals surface area (Å²) in [6, 6.07) is 0. The maximum atomic E-state index is 6.39. The first kappa shape index (κ1) is 20.3. The topological polar surface area (TPSA) is 0 Å². The summed E-state index contributed by atoms with van der Waals surface area (Å²) in [5, 5.41) is 0.339. The van der Waals surface area contributed by atoms with Crippen molar-refractivity contribution < 1.29 is 0 Å². The van der Waals surface area contributed by atoms with Crippen LogP contribution in [-0.2, 0) is 0 Å². The van der Waals surface area contributed by atoms with E-state index in [-0.39, 0.29) is 5.41 Å². The lowest BCUT2D eigenvalue weighted by molar-refractivity contribution is 0.364. The fourth-order valence-corrected chi connectivity index (χ4v) is 2.75. The molecule has 0 saturated carbocycles. The van der Waals surface area contributed by atoms with Crippen molar-refractivity contribution in [1.82, 2.24) is 0 Å². The molecule has 0 aliphatic carbocycles. The minimum absolute atomic E-state index is 0.263. The second kappa shape index (κ2) is 13.0. The highest BCUT2D eigenvalue weighted by Crippen LogP contribution is 2.28. The van der Waals surface area contributed by atoms with E-state index in [2.05, 4.69) is 27.7 Å². The van der Waals surface area contributed by atoms with Crippen LogP contribution in [0.1, 0.15) is 111 Å². The highest BCUT2D eigenvalue weighted by Gasteiger charge is 2.21. The first-order valence-electron chi connectivity index (χ1n) is 9.12. The predicted octanol–water partition coefficient (Wildman–Crippen LogP) is 7.73. The Morgan fingerprint density at radius 2 is 1.00 bits per heavy atom. The van der Waals surface area contributed by atoms with Crippen LogP contribution in [0, 0.1) is 5.41 Å². The van der Waals surface area contributed by atoms with Crippen molar-refractivity contribution in [1.29, 1.82) is 0 Å². The number of halogens is 1. The van der Waals surface area contributed by atoms with Gasteiger partial charge in [-0.1, -0.05) is 105 Å². The Morgan fingerprint density at radius 3 is 1.35 bits per heavy atom. The van der Waals surface area contributed by atoms with Gasteiger partial charge in [0.25, 0.3) is 0 Å². The Bertz CT molecular complexity index is 192. The second-order valence-corrected chi connectivity index (χ2v) is 8.04. The smallest absolute Gasteiger partial charge is 0.0384 e. The maximum Gasteiger partial charge on any atom is 0.0384 e. The summed E-state index contributed by atoms with van der Waals surface area (Å²) < 4.78 is 0. The molecule has 0 amide bonds. The molecule has 0 saturated heterocycles. The van der Waals surface area contributed by atoms with Crippen LogP contribution in [-0.4, -0.2) is 5.38 Å².